The fourth-order valence-corrected chi connectivity index (χ4v) is 5.77. The lowest BCUT2D eigenvalue weighted by Crippen LogP contribution is -2.41. The highest BCUT2D eigenvalue weighted by molar-refractivity contribution is 7.89. The average molecular weight is 448 g/mol. The van der Waals surface area contributed by atoms with Crippen LogP contribution in [0.25, 0.3) is 0 Å². The van der Waals surface area contributed by atoms with Crippen LogP contribution in [-0.4, -0.2) is 45.6 Å². The van der Waals surface area contributed by atoms with Gasteiger partial charge >= 0.3 is 5.97 Å². The quantitative estimate of drug-likeness (QED) is 0.575. The Morgan fingerprint density at radius 1 is 1.10 bits per heavy atom. The predicted molar refractivity (Wildman–Crippen MR) is 117 cm³/mol. The average Bonchev–Trinajstić information content (AvgIpc) is 2.74. The zero-order valence-corrected chi connectivity index (χ0v) is 19.2. The summed E-state index contributed by atoms with van der Waals surface area (Å²) in [5.74, 6) is 0.679. The van der Waals surface area contributed by atoms with E-state index in [0.717, 1.165) is 11.1 Å². The highest BCUT2D eigenvalue weighted by Crippen LogP contribution is 2.42. The van der Waals surface area contributed by atoms with Gasteiger partial charge in [-0.15, -0.1) is 0 Å². The molecule has 1 heterocycles. The molecular formula is C23H29NO6S. The third-order valence-corrected chi connectivity index (χ3v) is 7.45. The van der Waals surface area contributed by atoms with Crippen LogP contribution in [0.15, 0.2) is 41.3 Å². The van der Waals surface area contributed by atoms with Crippen LogP contribution in [0.5, 0.6) is 11.5 Å². The van der Waals surface area contributed by atoms with Gasteiger partial charge in [0.25, 0.3) is 0 Å². The molecule has 0 spiro atoms. The number of carbonyl (C=O) groups is 1. The maximum atomic E-state index is 13.6. The van der Waals surface area contributed by atoms with Crippen LogP contribution < -0.4 is 9.47 Å². The van der Waals surface area contributed by atoms with Crippen molar-refractivity contribution >= 4 is 16.0 Å². The van der Waals surface area contributed by atoms with Gasteiger partial charge in [0.05, 0.1) is 37.7 Å². The molecule has 2 aromatic carbocycles. The Labute approximate surface area is 184 Å². The number of hydrogen-bond acceptors (Lipinski definition) is 6. The van der Waals surface area contributed by atoms with Crippen molar-refractivity contribution in [3.8, 4) is 11.5 Å². The number of rotatable bonds is 8. The number of nitrogens with zero attached hydrogens (tertiary/aromatic N) is 1. The smallest absolute Gasteiger partial charge is 0.307 e. The standard InChI is InChI=1S/C23H29NO6S/c1-5-29-20-13-17-11-12-24(31(26,27)22-10-8-7-9-16(22)3)19(15-23(25)28-4)18(17)14-21(20)30-6-2/h7-10,13-14,19H,5-6,11-12,15H2,1-4H3/t19-/m0/s1. The molecule has 8 heteroatoms. The number of sulfonamides is 1. The van der Waals surface area contributed by atoms with Gasteiger partial charge in [-0.2, -0.15) is 4.31 Å². The van der Waals surface area contributed by atoms with Gasteiger partial charge in [0.1, 0.15) is 0 Å². The van der Waals surface area contributed by atoms with Crippen molar-refractivity contribution in [2.45, 2.75) is 44.6 Å². The number of aryl methyl sites for hydroxylation is 1. The van der Waals surface area contributed by atoms with E-state index in [1.807, 2.05) is 19.9 Å². The van der Waals surface area contributed by atoms with Crippen molar-refractivity contribution in [1.29, 1.82) is 0 Å². The van der Waals surface area contributed by atoms with E-state index in [-0.39, 0.29) is 17.9 Å². The fraction of sp³-hybridized carbons (Fsp3) is 0.435. The van der Waals surface area contributed by atoms with E-state index >= 15 is 0 Å². The van der Waals surface area contributed by atoms with E-state index in [0.29, 0.717) is 36.7 Å². The van der Waals surface area contributed by atoms with Gasteiger partial charge < -0.3 is 14.2 Å². The lowest BCUT2D eigenvalue weighted by atomic mass is 9.91. The first-order chi connectivity index (χ1) is 14.8. The third-order valence-electron chi connectivity index (χ3n) is 5.38. The second kappa shape index (κ2) is 9.70. The Hall–Kier alpha value is -2.58. The number of benzene rings is 2. The first-order valence-corrected chi connectivity index (χ1v) is 11.8. The van der Waals surface area contributed by atoms with Crippen LogP contribution in [0.3, 0.4) is 0 Å². The van der Waals surface area contributed by atoms with Crippen molar-refractivity contribution in [2.75, 3.05) is 26.9 Å². The molecule has 1 aliphatic heterocycles. The summed E-state index contributed by atoms with van der Waals surface area (Å²) in [6.07, 6.45) is 0.415. The monoisotopic (exact) mass is 447 g/mol. The zero-order valence-electron chi connectivity index (χ0n) is 18.4. The molecule has 0 saturated heterocycles. The van der Waals surface area contributed by atoms with Crippen molar-refractivity contribution in [3.63, 3.8) is 0 Å². The summed E-state index contributed by atoms with van der Waals surface area (Å²) < 4.78 is 45.0. The molecule has 1 aliphatic rings. The second-order valence-corrected chi connectivity index (χ2v) is 9.15. The molecule has 3 rings (SSSR count). The largest absolute Gasteiger partial charge is 0.490 e. The van der Waals surface area contributed by atoms with Gasteiger partial charge in [0.2, 0.25) is 10.0 Å². The highest BCUT2D eigenvalue weighted by atomic mass is 32.2. The van der Waals surface area contributed by atoms with E-state index in [1.165, 1.54) is 11.4 Å². The summed E-state index contributed by atoms with van der Waals surface area (Å²) in [4.78, 5) is 12.5. The number of methoxy groups -OCH3 is 1. The molecule has 7 nitrogen and oxygen atoms in total. The summed E-state index contributed by atoms with van der Waals surface area (Å²) in [6.45, 7) is 6.71. The minimum atomic E-state index is -3.83. The molecular weight excluding hydrogens is 418 g/mol. The summed E-state index contributed by atoms with van der Waals surface area (Å²) >= 11 is 0. The lowest BCUT2D eigenvalue weighted by Gasteiger charge is -2.36. The number of carbonyl (C=O) groups excluding carboxylic acids is 1. The maximum Gasteiger partial charge on any atom is 0.307 e. The van der Waals surface area contributed by atoms with Gasteiger partial charge in [0, 0.05) is 6.54 Å². The van der Waals surface area contributed by atoms with Gasteiger partial charge in [-0.05, 0) is 62.1 Å². The summed E-state index contributed by atoms with van der Waals surface area (Å²) in [5, 5.41) is 0. The molecule has 0 aromatic heterocycles. The molecule has 0 radical (unpaired) electrons. The first-order valence-electron chi connectivity index (χ1n) is 10.4. The van der Waals surface area contributed by atoms with Crippen molar-refractivity contribution in [3.05, 3.63) is 53.1 Å². The highest BCUT2D eigenvalue weighted by Gasteiger charge is 2.39. The first kappa shape index (κ1) is 23.1. The van der Waals surface area contributed by atoms with Crippen LogP contribution in [0.4, 0.5) is 0 Å². The Morgan fingerprint density at radius 3 is 2.35 bits per heavy atom. The molecule has 1 atom stereocenters. The molecule has 0 fully saturated rings. The van der Waals surface area contributed by atoms with Gasteiger partial charge in [-0.1, -0.05) is 18.2 Å². The Morgan fingerprint density at radius 2 is 1.74 bits per heavy atom. The SMILES string of the molecule is CCOc1cc2c(cc1OCC)[C@H](CC(=O)OC)N(S(=O)(=O)c1ccccc1C)CC2. The molecule has 0 bridgehead atoms. The minimum Gasteiger partial charge on any atom is -0.490 e. The molecule has 2 aromatic rings. The van der Waals surface area contributed by atoms with E-state index in [9.17, 15) is 13.2 Å². The van der Waals surface area contributed by atoms with Crippen molar-refractivity contribution in [1.82, 2.24) is 4.31 Å². The van der Waals surface area contributed by atoms with Crippen LogP contribution in [0.2, 0.25) is 0 Å². The minimum absolute atomic E-state index is 0.0891. The molecule has 0 amide bonds. The molecule has 168 valence electrons. The Bertz CT molecular complexity index is 1050. The predicted octanol–water partition coefficient (Wildman–Crippen LogP) is 3.64. The summed E-state index contributed by atoms with van der Waals surface area (Å²) in [7, 11) is -2.53. The van der Waals surface area contributed by atoms with Crippen LogP contribution in [-0.2, 0) is 26.0 Å². The van der Waals surface area contributed by atoms with E-state index in [4.69, 9.17) is 14.2 Å². The van der Waals surface area contributed by atoms with Crippen molar-refractivity contribution in [2.24, 2.45) is 0 Å². The van der Waals surface area contributed by atoms with Gasteiger partial charge in [-0.3, -0.25) is 4.79 Å². The van der Waals surface area contributed by atoms with Gasteiger partial charge in [0.15, 0.2) is 11.5 Å². The number of esters is 1. The molecule has 0 N–H and O–H groups in total. The maximum absolute atomic E-state index is 13.6. The Kier molecular flexibility index (Phi) is 7.23. The van der Waals surface area contributed by atoms with E-state index in [2.05, 4.69) is 0 Å². The number of hydrogen-bond donors (Lipinski definition) is 0. The molecule has 0 aliphatic carbocycles. The van der Waals surface area contributed by atoms with Crippen LogP contribution in [0.1, 0.15) is 43.0 Å². The zero-order chi connectivity index (χ0) is 22.6. The van der Waals surface area contributed by atoms with E-state index in [1.54, 1.807) is 37.3 Å². The van der Waals surface area contributed by atoms with Crippen LogP contribution >= 0.6 is 0 Å². The second-order valence-electron chi connectivity index (χ2n) is 7.29. The molecule has 31 heavy (non-hydrogen) atoms. The normalized spacial score (nSPS) is 16.5. The molecule has 0 saturated carbocycles. The van der Waals surface area contributed by atoms with Crippen LogP contribution in [0, 0.1) is 6.92 Å². The topological polar surface area (TPSA) is 82.1 Å². The van der Waals surface area contributed by atoms with E-state index < -0.39 is 22.0 Å². The lowest BCUT2D eigenvalue weighted by molar-refractivity contribution is -0.141. The van der Waals surface area contributed by atoms with Gasteiger partial charge in [-0.25, -0.2) is 8.42 Å². The Balaban J connectivity index is 2.13. The number of ether oxygens (including phenoxy) is 3. The summed E-state index contributed by atoms with van der Waals surface area (Å²) in [5.41, 5.74) is 2.34. The fourth-order valence-electron chi connectivity index (χ4n) is 3.94. The third kappa shape index (κ3) is 4.70. The molecule has 0 unspecified atom stereocenters. The summed E-state index contributed by atoms with van der Waals surface area (Å²) in [6, 6.07) is 9.86. The number of fused-ring (bicyclic) bond motifs is 1. The van der Waals surface area contributed by atoms with Crippen molar-refractivity contribution < 1.29 is 27.4 Å².